The van der Waals surface area contributed by atoms with Gasteiger partial charge in [-0.15, -0.1) is 0 Å². The number of piperidine rings is 3. The zero-order chi connectivity index (χ0) is 16.8. The zero-order valence-corrected chi connectivity index (χ0v) is 13.9. The third-order valence-corrected chi connectivity index (χ3v) is 5.45. The Bertz CT molecular complexity index is 907. The van der Waals surface area contributed by atoms with E-state index in [0.29, 0.717) is 17.2 Å². The Labute approximate surface area is 145 Å². The quantitative estimate of drug-likeness (QED) is 0.798. The van der Waals surface area contributed by atoms with Gasteiger partial charge in [0.25, 0.3) is 5.91 Å². The smallest absolute Gasteiger partial charge is 0.270 e. The van der Waals surface area contributed by atoms with Gasteiger partial charge in [-0.1, -0.05) is 0 Å². The molecule has 6 heteroatoms. The molecule has 3 aromatic rings. The van der Waals surface area contributed by atoms with Crippen LogP contribution in [0.2, 0.25) is 0 Å². The normalized spacial score (nSPS) is 25.4. The van der Waals surface area contributed by atoms with Crippen LogP contribution in [0, 0.1) is 5.92 Å². The van der Waals surface area contributed by atoms with Crippen LogP contribution < -0.4 is 5.32 Å². The average molecular weight is 336 g/mol. The molecule has 0 radical (unpaired) electrons. The van der Waals surface area contributed by atoms with Gasteiger partial charge in [0.15, 0.2) is 0 Å². The van der Waals surface area contributed by atoms with Gasteiger partial charge in [0.1, 0.15) is 11.3 Å². The van der Waals surface area contributed by atoms with Crippen LogP contribution in [0.15, 0.2) is 47.3 Å². The Morgan fingerprint density at radius 2 is 2.00 bits per heavy atom. The first-order valence-electron chi connectivity index (χ1n) is 8.82. The summed E-state index contributed by atoms with van der Waals surface area (Å²) in [4.78, 5) is 19.4. The number of nitrogens with one attached hydrogen (secondary N) is 1. The van der Waals surface area contributed by atoms with E-state index in [0.717, 1.165) is 30.9 Å². The molecule has 3 aliphatic rings. The predicted octanol–water partition coefficient (Wildman–Crippen LogP) is 2.44. The number of hydrogen-bond acceptors (Lipinski definition) is 4. The molecule has 6 heterocycles. The minimum absolute atomic E-state index is 0.112. The van der Waals surface area contributed by atoms with Crippen molar-refractivity contribution in [3.05, 3.63) is 48.5 Å². The molecule has 0 aliphatic carbocycles. The van der Waals surface area contributed by atoms with E-state index >= 15 is 0 Å². The van der Waals surface area contributed by atoms with Crippen LogP contribution in [0.25, 0.3) is 16.9 Å². The molecule has 2 bridgehead atoms. The van der Waals surface area contributed by atoms with Gasteiger partial charge in [-0.05, 0) is 44.0 Å². The molecule has 128 valence electrons. The van der Waals surface area contributed by atoms with Gasteiger partial charge in [0.2, 0.25) is 5.88 Å². The summed E-state index contributed by atoms with van der Waals surface area (Å²) >= 11 is 0. The molecule has 6 nitrogen and oxygen atoms in total. The SMILES string of the molecule is O=C(NC1CN2CCC1CC2)c1cc2oc(-n3cccc3)cc2cn1. The molecule has 0 aromatic carbocycles. The Balaban J connectivity index is 1.38. The number of hydrogen-bond donors (Lipinski definition) is 1. The number of pyridine rings is 1. The van der Waals surface area contributed by atoms with E-state index in [2.05, 4.69) is 15.2 Å². The van der Waals surface area contributed by atoms with E-state index in [9.17, 15) is 4.79 Å². The number of furan rings is 1. The zero-order valence-electron chi connectivity index (χ0n) is 13.9. The molecule has 3 saturated heterocycles. The highest BCUT2D eigenvalue weighted by Gasteiger charge is 2.35. The third kappa shape index (κ3) is 2.62. The standard InChI is InChI=1S/C19H20N4O2/c24-19(21-16-12-22-7-3-13(16)4-8-22)15-10-17-14(11-20-15)9-18(25-17)23-5-1-2-6-23/h1-2,5-6,9-11,13,16H,3-4,7-8,12H2,(H,21,24). The van der Waals surface area contributed by atoms with Crippen LogP contribution in [0.3, 0.4) is 0 Å². The van der Waals surface area contributed by atoms with Crippen LogP contribution in [0.1, 0.15) is 23.3 Å². The van der Waals surface area contributed by atoms with Gasteiger partial charge in [0.05, 0.1) is 0 Å². The minimum Gasteiger partial charge on any atom is -0.440 e. The Hall–Kier alpha value is -2.60. The predicted molar refractivity (Wildman–Crippen MR) is 93.8 cm³/mol. The molecule has 1 amide bonds. The lowest BCUT2D eigenvalue weighted by atomic mass is 9.84. The highest BCUT2D eigenvalue weighted by atomic mass is 16.4. The summed E-state index contributed by atoms with van der Waals surface area (Å²) in [6.45, 7) is 3.28. The molecule has 3 fully saturated rings. The highest BCUT2D eigenvalue weighted by Crippen LogP contribution is 2.28. The maximum Gasteiger partial charge on any atom is 0.270 e. The lowest BCUT2D eigenvalue weighted by molar-refractivity contribution is 0.0618. The number of carbonyl (C=O) groups excluding carboxylic acids is 1. The molecule has 0 spiro atoms. The second-order valence-electron chi connectivity index (χ2n) is 7.00. The molecule has 1 atom stereocenters. The maximum absolute atomic E-state index is 12.6. The van der Waals surface area contributed by atoms with E-state index in [4.69, 9.17) is 4.42 Å². The van der Waals surface area contributed by atoms with E-state index in [1.54, 1.807) is 12.3 Å². The lowest BCUT2D eigenvalue weighted by Gasteiger charge is -2.44. The lowest BCUT2D eigenvalue weighted by Crippen LogP contribution is -2.57. The summed E-state index contributed by atoms with van der Waals surface area (Å²) < 4.78 is 7.77. The second kappa shape index (κ2) is 5.74. The topological polar surface area (TPSA) is 63.3 Å². The second-order valence-corrected chi connectivity index (χ2v) is 7.00. The van der Waals surface area contributed by atoms with Crippen molar-refractivity contribution in [3.63, 3.8) is 0 Å². The summed E-state index contributed by atoms with van der Waals surface area (Å²) in [7, 11) is 0. The van der Waals surface area contributed by atoms with Gasteiger partial charge >= 0.3 is 0 Å². The highest BCUT2D eigenvalue weighted by molar-refractivity contribution is 5.95. The summed E-state index contributed by atoms with van der Waals surface area (Å²) in [5.41, 5.74) is 1.09. The molecule has 0 saturated carbocycles. The van der Waals surface area contributed by atoms with Crippen LogP contribution in [0.4, 0.5) is 0 Å². The van der Waals surface area contributed by atoms with E-state index in [-0.39, 0.29) is 11.9 Å². The summed E-state index contributed by atoms with van der Waals surface area (Å²) in [6.07, 6.45) is 7.90. The Morgan fingerprint density at radius 1 is 1.20 bits per heavy atom. The molecule has 3 aliphatic heterocycles. The average Bonchev–Trinajstić information content (AvgIpc) is 3.31. The monoisotopic (exact) mass is 336 g/mol. The van der Waals surface area contributed by atoms with Gasteiger partial charge in [0, 0.05) is 48.7 Å². The number of aromatic nitrogens is 2. The number of amides is 1. The third-order valence-electron chi connectivity index (χ3n) is 5.45. The number of nitrogens with zero attached hydrogens (tertiary/aromatic N) is 3. The van der Waals surface area contributed by atoms with Crippen molar-refractivity contribution < 1.29 is 9.21 Å². The fourth-order valence-corrected chi connectivity index (χ4v) is 4.02. The Kier molecular flexibility index (Phi) is 3.38. The first-order chi connectivity index (χ1) is 12.3. The largest absolute Gasteiger partial charge is 0.440 e. The Morgan fingerprint density at radius 3 is 2.72 bits per heavy atom. The number of fused-ring (bicyclic) bond motifs is 4. The van der Waals surface area contributed by atoms with Gasteiger partial charge in [-0.25, -0.2) is 0 Å². The maximum atomic E-state index is 12.6. The van der Waals surface area contributed by atoms with Gasteiger partial charge < -0.3 is 14.6 Å². The van der Waals surface area contributed by atoms with Crippen molar-refractivity contribution in [3.8, 4) is 5.88 Å². The molecule has 25 heavy (non-hydrogen) atoms. The van der Waals surface area contributed by atoms with E-state index in [1.807, 2.05) is 35.2 Å². The first-order valence-corrected chi connectivity index (χ1v) is 8.82. The van der Waals surface area contributed by atoms with Crippen LogP contribution >= 0.6 is 0 Å². The summed E-state index contributed by atoms with van der Waals surface area (Å²) in [5.74, 6) is 1.21. The first kappa shape index (κ1) is 14.7. The molecule has 1 N–H and O–H groups in total. The minimum atomic E-state index is -0.112. The van der Waals surface area contributed by atoms with E-state index < -0.39 is 0 Å². The van der Waals surface area contributed by atoms with Crippen LogP contribution in [-0.2, 0) is 0 Å². The van der Waals surface area contributed by atoms with Gasteiger partial charge in [-0.2, -0.15) is 0 Å². The van der Waals surface area contributed by atoms with E-state index in [1.165, 1.54) is 12.8 Å². The van der Waals surface area contributed by atoms with Crippen molar-refractivity contribution in [2.24, 2.45) is 5.92 Å². The number of rotatable bonds is 3. The molecular weight excluding hydrogens is 316 g/mol. The van der Waals surface area contributed by atoms with Crippen molar-refractivity contribution in [1.29, 1.82) is 0 Å². The van der Waals surface area contributed by atoms with Gasteiger partial charge in [-0.3, -0.25) is 14.3 Å². The summed E-state index contributed by atoms with van der Waals surface area (Å²) in [6, 6.07) is 7.78. The molecule has 6 rings (SSSR count). The number of carbonyl (C=O) groups is 1. The fraction of sp³-hybridized carbons (Fsp3) is 0.368. The van der Waals surface area contributed by atoms with Crippen molar-refractivity contribution in [1.82, 2.24) is 19.8 Å². The van der Waals surface area contributed by atoms with Crippen molar-refractivity contribution >= 4 is 16.9 Å². The molecule has 1 unspecified atom stereocenters. The van der Waals surface area contributed by atoms with Crippen LogP contribution in [-0.4, -0.2) is 46.0 Å². The van der Waals surface area contributed by atoms with Crippen LogP contribution in [0.5, 0.6) is 0 Å². The van der Waals surface area contributed by atoms with Crippen molar-refractivity contribution in [2.75, 3.05) is 19.6 Å². The van der Waals surface area contributed by atoms with Crippen molar-refractivity contribution in [2.45, 2.75) is 18.9 Å². The summed E-state index contributed by atoms with van der Waals surface area (Å²) in [5, 5.41) is 4.07. The molecular formula is C19H20N4O2. The fourth-order valence-electron chi connectivity index (χ4n) is 4.02. The molecule has 3 aromatic heterocycles.